The third-order valence-corrected chi connectivity index (χ3v) is 5.54. The molecule has 0 N–H and O–H groups in total. The Hall–Kier alpha value is -2.86. The zero-order valence-electron chi connectivity index (χ0n) is 16.4. The molecule has 7 heteroatoms. The number of nitrogens with zero attached hydrogens (tertiary/aromatic N) is 2. The van der Waals surface area contributed by atoms with Crippen molar-refractivity contribution in [2.45, 2.75) is 25.2 Å². The normalized spacial score (nSPS) is 16.5. The Labute approximate surface area is 179 Å². The SMILES string of the molecule is O=C(COc1cccc(F)c1)N1CCC[C@@H](c2ncc(Cc3ccccc3Cl)o2)C1. The summed E-state index contributed by atoms with van der Waals surface area (Å²) in [6.45, 7) is 1.06. The highest BCUT2D eigenvalue weighted by molar-refractivity contribution is 6.31. The van der Waals surface area contributed by atoms with Gasteiger partial charge >= 0.3 is 0 Å². The van der Waals surface area contributed by atoms with Crippen molar-refractivity contribution >= 4 is 17.5 Å². The Kier molecular flexibility index (Phi) is 6.33. The number of aromatic nitrogens is 1. The van der Waals surface area contributed by atoms with E-state index in [0.717, 1.165) is 24.2 Å². The standard InChI is InChI=1S/C23H22ClFN2O3/c24-21-9-2-1-5-16(21)11-20-13-26-23(30-20)17-6-4-10-27(14-17)22(28)15-29-19-8-3-7-18(25)12-19/h1-3,5,7-9,12-13,17H,4,6,10-11,14-15H2/t17-/m1/s1. The molecule has 1 aliphatic rings. The molecule has 1 amide bonds. The molecule has 0 saturated carbocycles. The molecule has 1 saturated heterocycles. The van der Waals surface area contributed by atoms with Crippen LogP contribution in [-0.4, -0.2) is 35.5 Å². The molecule has 1 atom stereocenters. The molecule has 2 heterocycles. The minimum atomic E-state index is -0.394. The average molecular weight is 429 g/mol. The van der Waals surface area contributed by atoms with E-state index in [2.05, 4.69) is 4.98 Å². The summed E-state index contributed by atoms with van der Waals surface area (Å²) in [6.07, 6.45) is 4.06. The van der Waals surface area contributed by atoms with Gasteiger partial charge in [0, 0.05) is 30.6 Å². The van der Waals surface area contributed by atoms with Crippen molar-refractivity contribution in [3.63, 3.8) is 0 Å². The zero-order chi connectivity index (χ0) is 20.9. The van der Waals surface area contributed by atoms with E-state index >= 15 is 0 Å². The lowest BCUT2D eigenvalue weighted by Gasteiger charge is -2.31. The number of piperidine rings is 1. The number of carbonyl (C=O) groups excluding carboxylic acids is 1. The number of hydrogen-bond donors (Lipinski definition) is 0. The predicted molar refractivity (Wildman–Crippen MR) is 111 cm³/mol. The number of rotatable bonds is 6. The molecule has 1 aromatic heterocycles. The van der Waals surface area contributed by atoms with E-state index in [-0.39, 0.29) is 18.4 Å². The molecule has 4 rings (SSSR count). The van der Waals surface area contributed by atoms with Gasteiger partial charge in [0.2, 0.25) is 0 Å². The van der Waals surface area contributed by atoms with Crippen molar-refractivity contribution in [2.75, 3.05) is 19.7 Å². The number of carbonyl (C=O) groups is 1. The van der Waals surface area contributed by atoms with E-state index < -0.39 is 5.82 Å². The number of oxazole rings is 1. The highest BCUT2D eigenvalue weighted by Crippen LogP contribution is 2.28. The lowest BCUT2D eigenvalue weighted by atomic mass is 9.98. The van der Waals surface area contributed by atoms with Crippen LogP contribution in [-0.2, 0) is 11.2 Å². The van der Waals surface area contributed by atoms with Crippen molar-refractivity contribution in [3.8, 4) is 5.75 Å². The Balaban J connectivity index is 1.35. The summed E-state index contributed by atoms with van der Waals surface area (Å²) in [4.78, 5) is 18.8. The van der Waals surface area contributed by atoms with Gasteiger partial charge in [-0.15, -0.1) is 0 Å². The van der Waals surface area contributed by atoms with E-state index in [0.29, 0.717) is 36.2 Å². The summed E-state index contributed by atoms with van der Waals surface area (Å²) in [5.41, 5.74) is 0.983. The fourth-order valence-electron chi connectivity index (χ4n) is 3.62. The number of benzene rings is 2. The van der Waals surface area contributed by atoms with E-state index in [1.54, 1.807) is 23.2 Å². The smallest absolute Gasteiger partial charge is 0.260 e. The topological polar surface area (TPSA) is 55.6 Å². The molecule has 0 spiro atoms. The summed E-state index contributed by atoms with van der Waals surface area (Å²) in [5.74, 6) is 1.24. The zero-order valence-corrected chi connectivity index (χ0v) is 17.1. The van der Waals surface area contributed by atoms with Crippen LogP contribution in [0.4, 0.5) is 4.39 Å². The Bertz CT molecular complexity index is 1020. The van der Waals surface area contributed by atoms with Crippen LogP contribution < -0.4 is 4.74 Å². The fourth-order valence-corrected chi connectivity index (χ4v) is 3.82. The van der Waals surface area contributed by atoms with Crippen molar-refractivity contribution in [3.05, 3.63) is 82.8 Å². The van der Waals surface area contributed by atoms with Gasteiger partial charge in [-0.25, -0.2) is 9.37 Å². The van der Waals surface area contributed by atoms with E-state index in [1.807, 2.05) is 24.3 Å². The monoisotopic (exact) mass is 428 g/mol. The van der Waals surface area contributed by atoms with Gasteiger partial charge in [-0.3, -0.25) is 4.79 Å². The second-order valence-corrected chi connectivity index (χ2v) is 7.77. The Morgan fingerprint density at radius 1 is 1.27 bits per heavy atom. The molecule has 2 aromatic carbocycles. The largest absolute Gasteiger partial charge is 0.484 e. The van der Waals surface area contributed by atoms with Gasteiger partial charge in [-0.2, -0.15) is 0 Å². The molecule has 5 nitrogen and oxygen atoms in total. The van der Waals surface area contributed by atoms with Gasteiger partial charge in [0.25, 0.3) is 5.91 Å². The van der Waals surface area contributed by atoms with Crippen LogP contribution in [0, 0.1) is 5.82 Å². The van der Waals surface area contributed by atoms with Crippen LogP contribution >= 0.6 is 11.6 Å². The summed E-state index contributed by atoms with van der Waals surface area (Å²) in [6, 6.07) is 13.4. The molecule has 0 bridgehead atoms. The van der Waals surface area contributed by atoms with Gasteiger partial charge in [-0.05, 0) is 36.6 Å². The molecule has 30 heavy (non-hydrogen) atoms. The van der Waals surface area contributed by atoms with Gasteiger partial charge in [-0.1, -0.05) is 35.9 Å². The summed E-state index contributed by atoms with van der Waals surface area (Å²) < 4.78 is 24.7. The number of likely N-dealkylation sites (tertiary alicyclic amines) is 1. The molecule has 0 unspecified atom stereocenters. The number of ether oxygens (including phenoxy) is 1. The van der Waals surface area contributed by atoms with Crippen molar-refractivity contribution in [1.29, 1.82) is 0 Å². The third kappa shape index (κ3) is 5.00. The lowest BCUT2D eigenvalue weighted by molar-refractivity contribution is -0.134. The minimum Gasteiger partial charge on any atom is -0.484 e. The van der Waals surface area contributed by atoms with Gasteiger partial charge < -0.3 is 14.1 Å². The molecule has 0 radical (unpaired) electrons. The van der Waals surface area contributed by atoms with Crippen LogP contribution in [0.5, 0.6) is 5.75 Å². The first kappa shape index (κ1) is 20.4. The number of amides is 1. The quantitative estimate of drug-likeness (QED) is 0.563. The molecular weight excluding hydrogens is 407 g/mol. The summed E-state index contributed by atoms with van der Waals surface area (Å²) >= 11 is 6.23. The van der Waals surface area contributed by atoms with Gasteiger partial charge in [0.05, 0.1) is 12.1 Å². The molecular formula is C23H22ClFN2O3. The van der Waals surface area contributed by atoms with Crippen LogP contribution in [0.3, 0.4) is 0 Å². The first-order valence-corrected chi connectivity index (χ1v) is 10.3. The molecule has 1 aliphatic heterocycles. The Morgan fingerprint density at radius 3 is 2.97 bits per heavy atom. The average Bonchev–Trinajstić information content (AvgIpc) is 3.22. The molecule has 3 aromatic rings. The number of hydrogen-bond acceptors (Lipinski definition) is 4. The Morgan fingerprint density at radius 2 is 2.13 bits per heavy atom. The molecule has 0 aliphatic carbocycles. The minimum absolute atomic E-state index is 0.0388. The summed E-state index contributed by atoms with van der Waals surface area (Å²) in [7, 11) is 0. The van der Waals surface area contributed by atoms with Crippen molar-refractivity contribution in [1.82, 2.24) is 9.88 Å². The van der Waals surface area contributed by atoms with Crippen LogP contribution in [0.1, 0.15) is 36.0 Å². The maximum atomic E-state index is 13.2. The van der Waals surface area contributed by atoms with E-state index in [4.69, 9.17) is 20.8 Å². The number of halogens is 2. The first-order chi connectivity index (χ1) is 14.6. The van der Waals surface area contributed by atoms with E-state index in [1.165, 1.54) is 12.1 Å². The summed E-state index contributed by atoms with van der Waals surface area (Å²) in [5, 5.41) is 0.697. The second-order valence-electron chi connectivity index (χ2n) is 7.36. The van der Waals surface area contributed by atoms with Crippen LogP contribution in [0.15, 0.2) is 59.1 Å². The van der Waals surface area contributed by atoms with Gasteiger partial charge in [0.1, 0.15) is 17.3 Å². The fraction of sp³-hybridized carbons (Fsp3) is 0.304. The highest BCUT2D eigenvalue weighted by Gasteiger charge is 2.28. The predicted octanol–water partition coefficient (Wildman–Crippen LogP) is 4.84. The first-order valence-electron chi connectivity index (χ1n) is 9.92. The lowest BCUT2D eigenvalue weighted by Crippen LogP contribution is -2.41. The van der Waals surface area contributed by atoms with Crippen LogP contribution in [0.25, 0.3) is 0 Å². The van der Waals surface area contributed by atoms with Crippen LogP contribution in [0.2, 0.25) is 5.02 Å². The van der Waals surface area contributed by atoms with Crippen molar-refractivity contribution < 1.29 is 18.3 Å². The molecule has 1 fully saturated rings. The van der Waals surface area contributed by atoms with Gasteiger partial charge in [0.15, 0.2) is 12.5 Å². The maximum Gasteiger partial charge on any atom is 0.260 e. The third-order valence-electron chi connectivity index (χ3n) is 5.18. The maximum absolute atomic E-state index is 13.2. The molecule has 156 valence electrons. The second kappa shape index (κ2) is 9.30. The van der Waals surface area contributed by atoms with E-state index in [9.17, 15) is 9.18 Å². The highest BCUT2D eigenvalue weighted by atomic mass is 35.5. The van der Waals surface area contributed by atoms with Crippen molar-refractivity contribution in [2.24, 2.45) is 0 Å².